The van der Waals surface area contributed by atoms with E-state index in [0.29, 0.717) is 35.1 Å². The van der Waals surface area contributed by atoms with Crippen LogP contribution in [0.15, 0.2) is 54.6 Å². The van der Waals surface area contributed by atoms with Crippen molar-refractivity contribution in [3.63, 3.8) is 0 Å². The molecule has 2 N–H and O–H groups in total. The highest BCUT2D eigenvalue weighted by Gasteiger charge is 2.27. The quantitative estimate of drug-likeness (QED) is 0.740. The third kappa shape index (κ3) is 3.21. The molecule has 1 aromatic heterocycles. The molecule has 0 saturated heterocycles. The van der Waals surface area contributed by atoms with Gasteiger partial charge < -0.3 is 5.32 Å². The Morgan fingerprint density at radius 2 is 2.00 bits per heavy atom. The van der Waals surface area contributed by atoms with Gasteiger partial charge in [0.05, 0.1) is 12.2 Å². The smallest absolute Gasteiger partial charge is 0.269 e. The highest BCUT2D eigenvalue weighted by Crippen LogP contribution is 2.24. The highest BCUT2D eigenvalue weighted by atomic mass is 35.5. The molecule has 0 spiro atoms. The van der Waals surface area contributed by atoms with E-state index < -0.39 is 0 Å². The zero-order valence-corrected chi connectivity index (χ0v) is 14.5. The largest absolute Gasteiger partial charge is 0.347 e. The Morgan fingerprint density at radius 3 is 2.77 bits per heavy atom. The number of nitrogens with one attached hydrogen (secondary N) is 2. The van der Waals surface area contributed by atoms with Crippen LogP contribution in [0, 0.1) is 5.82 Å². The van der Waals surface area contributed by atoms with Crippen molar-refractivity contribution in [1.82, 2.24) is 20.4 Å². The van der Waals surface area contributed by atoms with E-state index in [1.807, 2.05) is 12.1 Å². The van der Waals surface area contributed by atoms with E-state index in [1.165, 1.54) is 6.07 Å². The normalized spacial score (nSPS) is 16.2. The fourth-order valence-electron chi connectivity index (χ4n) is 2.96. The van der Waals surface area contributed by atoms with E-state index in [4.69, 9.17) is 11.6 Å². The molecule has 0 fully saturated rings. The lowest BCUT2D eigenvalue weighted by atomic mass is 10.1. The number of benzene rings is 2. The van der Waals surface area contributed by atoms with E-state index in [9.17, 15) is 9.18 Å². The van der Waals surface area contributed by atoms with Gasteiger partial charge in [-0.3, -0.25) is 10.1 Å². The molecule has 0 unspecified atom stereocenters. The first-order valence-corrected chi connectivity index (χ1v) is 8.60. The van der Waals surface area contributed by atoms with Gasteiger partial charge in [0.1, 0.15) is 17.7 Å². The molecular formula is C19H16ClFN4O. The second-order valence-electron chi connectivity index (χ2n) is 6.06. The van der Waals surface area contributed by atoms with Crippen LogP contribution < -0.4 is 10.6 Å². The fourth-order valence-corrected chi connectivity index (χ4v) is 3.08. The van der Waals surface area contributed by atoms with Crippen molar-refractivity contribution in [2.45, 2.75) is 12.7 Å². The van der Waals surface area contributed by atoms with Crippen LogP contribution in [0.25, 0.3) is 11.3 Å². The van der Waals surface area contributed by atoms with Crippen LogP contribution in [0.5, 0.6) is 0 Å². The number of carbonyl (C=O) groups excluding carboxylic acids is 1. The Hall–Kier alpha value is -2.70. The Balaban J connectivity index is 1.60. The predicted octanol–water partition coefficient (Wildman–Crippen LogP) is 3.37. The molecular weight excluding hydrogens is 355 g/mol. The third-order valence-electron chi connectivity index (χ3n) is 4.35. The fraction of sp³-hybridized carbons (Fsp3) is 0.158. The van der Waals surface area contributed by atoms with Crippen molar-refractivity contribution in [1.29, 1.82) is 0 Å². The molecule has 1 amide bonds. The topological polar surface area (TPSA) is 59.0 Å². The summed E-state index contributed by atoms with van der Waals surface area (Å²) in [5.41, 5.74) is 2.59. The summed E-state index contributed by atoms with van der Waals surface area (Å²) in [6.45, 7) is 0.713. The zero-order valence-electron chi connectivity index (χ0n) is 13.7. The van der Waals surface area contributed by atoms with Crippen LogP contribution in [0.1, 0.15) is 22.2 Å². The van der Waals surface area contributed by atoms with E-state index in [2.05, 4.69) is 15.7 Å². The van der Waals surface area contributed by atoms with Gasteiger partial charge in [-0.25, -0.2) is 9.07 Å². The second kappa shape index (κ2) is 6.90. The first kappa shape index (κ1) is 16.8. The number of fused-ring (bicyclic) bond motifs is 1. The Kier molecular flexibility index (Phi) is 4.44. The maximum Gasteiger partial charge on any atom is 0.269 e. The number of rotatable bonds is 4. The summed E-state index contributed by atoms with van der Waals surface area (Å²) in [5, 5.41) is 11.3. The molecule has 1 aliphatic heterocycles. The van der Waals surface area contributed by atoms with E-state index in [1.54, 1.807) is 41.1 Å². The molecule has 0 saturated carbocycles. The van der Waals surface area contributed by atoms with E-state index >= 15 is 0 Å². The van der Waals surface area contributed by atoms with Crippen molar-refractivity contribution in [2.75, 3.05) is 6.54 Å². The molecule has 132 valence electrons. The lowest BCUT2D eigenvalue weighted by Gasteiger charge is -2.25. The van der Waals surface area contributed by atoms with Crippen molar-refractivity contribution in [3.8, 4) is 11.3 Å². The van der Waals surface area contributed by atoms with Crippen LogP contribution in [0.4, 0.5) is 4.39 Å². The SMILES string of the molecule is O=C1NC[C@@H](NCc2ccccc2F)n2nc(-c3ccc(Cl)cc3)cc21. The molecule has 0 aliphatic carbocycles. The molecule has 26 heavy (non-hydrogen) atoms. The van der Waals surface area contributed by atoms with Gasteiger partial charge in [0.2, 0.25) is 0 Å². The summed E-state index contributed by atoms with van der Waals surface area (Å²) in [6, 6.07) is 15.6. The van der Waals surface area contributed by atoms with Crippen molar-refractivity contribution in [2.24, 2.45) is 0 Å². The highest BCUT2D eigenvalue weighted by molar-refractivity contribution is 6.30. The molecule has 0 radical (unpaired) electrons. The first-order valence-electron chi connectivity index (χ1n) is 8.22. The summed E-state index contributed by atoms with van der Waals surface area (Å²) >= 11 is 5.93. The van der Waals surface area contributed by atoms with Crippen molar-refractivity contribution in [3.05, 3.63) is 76.7 Å². The number of carbonyl (C=O) groups is 1. The Bertz CT molecular complexity index is 954. The first-order chi connectivity index (χ1) is 12.6. The molecule has 2 aromatic carbocycles. The summed E-state index contributed by atoms with van der Waals surface area (Å²) in [7, 11) is 0. The van der Waals surface area contributed by atoms with Gasteiger partial charge in [0, 0.05) is 22.7 Å². The maximum absolute atomic E-state index is 13.8. The molecule has 1 atom stereocenters. The minimum atomic E-state index is -0.262. The van der Waals surface area contributed by atoms with Gasteiger partial charge in [-0.15, -0.1) is 0 Å². The average Bonchev–Trinajstić information content (AvgIpc) is 3.09. The van der Waals surface area contributed by atoms with Crippen LogP contribution in [-0.2, 0) is 6.54 Å². The summed E-state index contributed by atoms with van der Waals surface area (Å²) < 4.78 is 15.5. The number of aromatic nitrogens is 2. The third-order valence-corrected chi connectivity index (χ3v) is 4.60. The molecule has 2 heterocycles. The Labute approximate surface area is 154 Å². The average molecular weight is 371 g/mol. The monoisotopic (exact) mass is 370 g/mol. The van der Waals surface area contributed by atoms with Crippen molar-refractivity contribution >= 4 is 17.5 Å². The lowest BCUT2D eigenvalue weighted by Crippen LogP contribution is -2.45. The Morgan fingerprint density at radius 1 is 1.23 bits per heavy atom. The van der Waals surface area contributed by atoms with Crippen LogP contribution in [-0.4, -0.2) is 22.2 Å². The van der Waals surface area contributed by atoms with E-state index in [0.717, 1.165) is 5.56 Å². The standard InChI is InChI=1S/C19H16ClFN4O/c20-14-7-5-12(6-8-14)16-9-17-19(26)23-11-18(25(17)24-16)22-10-13-3-1-2-4-15(13)21/h1-9,18,22H,10-11H2,(H,23,26)/t18-/m0/s1. The van der Waals surface area contributed by atoms with Gasteiger partial charge in [-0.2, -0.15) is 5.10 Å². The number of halogens is 2. The van der Waals surface area contributed by atoms with Crippen LogP contribution >= 0.6 is 11.6 Å². The summed E-state index contributed by atoms with van der Waals surface area (Å²) in [4.78, 5) is 12.2. The van der Waals surface area contributed by atoms with Crippen LogP contribution in [0.3, 0.4) is 0 Å². The molecule has 5 nitrogen and oxygen atoms in total. The number of amides is 1. The molecule has 0 bridgehead atoms. The number of hydrogen-bond donors (Lipinski definition) is 2. The van der Waals surface area contributed by atoms with Gasteiger partial charge >= 0.3 is 0 Å². The second-order valence-corrected chi connectivity index (χ2v) is 6.50. The number of nitrogens with zero attached hydrogens (tertiary/aromatic N) is 2. The van der Waals surface area contributed by atoms with Gasteiger partial charge in [0.25, 0.3) is 5.91 Å². The minimum Gasteiger partial charge on any atom is -0.347 e. The van der Waals surface area contributed by atoms with Gasteiger partial charge in [-0.05, 0) is 24.3 Å². The molecule has 7 heteroatoms. The molecule has 4 rings (SSSR count). The summed E-state index contributed by atoms with van der Waals surface area (Å²) in [5.74, 6) is -0.441. The zero-order chi connectivity index (χ0) is 18.1. The lowest BCUT2D eigenvalue weighted by molar-refractivity contribution is 0.0900. The van der Waals surface area contributed by atoms with Crippen molar-refractivity contribution < 1.29 is 9.18 Å². The predicted molar refractivity (Wildman–Crippen MR) is 97.3 cm³/mol. The minimum absolute atomic E-state index is 0.179. The maximum atomic E-state index is 13.8. The van der Waals surface area contributed by atoms with E-state index in [-0.39, 0.29) is 17.9 Å². The molecule has 1 aliphatic rings. The number of hydrogen-bond acceptors (Lipinski definition) is 3. The van der Waals surface area contributed by atoms with Gasteiger partial charge in [-0.1, -0.05) is 41.9 Å². The molecule has 3 aromatic rings. The summed E-state index contributed by atoms with van der Waals surface area (Å²) in [6.07, 6.45) is -0.261. The van der Waals surface area contributed by atoms with Gasteiger partial charge in [0.15, 0.2) is 0 Å². The van der Waals surface area contributed by atoms with Crippen LogP contribution in [0.2, 0.25) is 5.02 Å².